The standard InChI is InChI=1S/C18H22N2O3S/c1-15(21)20(2)18-12-10-17(11-13-18)19-24(22,23)14-6-9-16-7-4-3-5-8-16/h3-5,7-8,10-13,19H,6,9,14H2,1-2H3. The number of nitrogens with zero attached hydrogens (tertiary/aromatic N) is 1. The number of carbonyl (C=O) groups excluding carboxylic acids is 1. The normalized spacial score (nSPS) is 11.1. The van der Waals surface area contributed by atoms with Crippen LogP contribution < -0.4 is 9.62 Å². The highest BCUT2D eigenvalue weighted by molar-refractivity contribution is 7.92. The Kier molecular flexibility index (Phi) is 5.98. The number of amides is 1. The van der Waals surface area contributed by atoms with E-state index in [-0.39, 0.29) is 11.7 Å². The summed E-state index contributed by atoms with van der Waals surface area (Å²) in [7, 11) is -1.71. The molecule has 0 fully saturated rings. The topological polar surface area (TPSA) is 66.5 Å². The Morgan fingerprint density at radius 2 is 1.67 bits per heavy atom. The third-order valence-electron chi connectivity index (χ3n) is 3.72. The lowest BCUT2D eigenvalue weighted by Crippen LogP contribution is -2.22. The zero-order valence-electron chi connectivity index (χ0n) is 13.9. The van der Waals surface area contributed by atoms with Gasteiger partial charge in [-0.25, -0.2) is 8.42 Å². The third kappa shape index (κ3) is 5.38. The first-order valence-corrected chi connectivity index (χ1v) is 9.41. The molecule has 24 heavy (non-hydrogen) atoms. The Morgan fingerprint density at radius 3 is 2.25 bits per heavy atom. The highest BCUT2D eigenvalue weighted by Crippen LogP contribution is 2.18. The zero-order valence-corrected chi connectivity index (χ0v) is 14.7. The number of rotatable bonds is 7. The highest BCUT2D eigenvalue weighted by atomic mass is 32.2. The second-order valence-electron chi connectivity index (χ2n) is 5.63. The largest absolute Gasteiger partial charge is 0.316 e. The van der Waals surface area contributed by atoms with E-state index in [1.165, 1.54) is 11.8 Å². The van der Waals surface area contributed by atoms with Gasteiger partial charge in [-0.3, -0.25) is 9.52 Å². The Labute approximate surface area is 143 Å². The monoisotopic (exact) mass is 346 g/mol. The fourth-order valence-corrected chi connectivity index (χ4v) is 3.40. The van der Waals surface area contributed by atoms with Crippen LogP contribution in [0.2, 0.25) is 0 Å². The van der Waals surface area contributed by atoms with Crippen molar-refractivity contribution in [3.05, 3.63) is 60.2 Å². The van der Waals surface area contributed by atoms with Crippen LogP contribution in [0.3, 0.4) is 0 Å². The second kappa shape index (κ2) is 7.97. The fourth-order valence-electron chi connectivity index (χ4n) is 2.28. The van der Waals surface area contributed by atoms with E-state index in [4.69, 9.17) is 0 Å². The molecule has 1 amide bonds. The molecule has 0 aliphatic rings. The highest BCUT2D eigenvalue weighted by Gasteiger charge is 2.11. The van der Waals surface area contributed by atoms with E-state index in [9.17, 15) is 13.2 Å². The van der Waals surface area contributed by atoms with Crippen molar-refractivity contribution < 1.29 is 13.2 Å². The summed E-state index contributed by atoms with van der Waals surface area (Å²) >= 11 is 0. The zero-order chi connectivity index (χ0) is 17.6. The van der Waals surface area contributed by atoms with Crippen molar-refractivity contribution >= 4 is 27.3 Å². The van der Waals surface area contributed by atoms with Gasteiger partial charge < -0.3 is 4.90 Å². The fraction of sp³-hybridized carbons (Fsp3) is 0.278. The molecule has 0 aliphatic carbocycles. The molecule has 0 radical (unpaired) electrons. The first-order chi connectivity index (χ1) is 11.4. The Morgan fingerprint density at radius 1 is 1.04 bits per heavy atom. The van der Waals surface area contributed by atoms with E-state index in [0.717, 1.165) is 17.7 Å². The van der Waals surface area contributed by atoms with E-state index in [1.807, 2.05) is 30.3 Å². The average molecular weight is 346 g/mol. The van der Waals surface area contributed by atoms with Gasteiger partial charge in [0.15, 0.2) is 0 Å². The summed E-state index contributed by atoms with van der Waals surface area (Å²) in [6.45, 7) is 1.48. The maximum absolute atomic E-state index is 12.1. The maximum atomic E-state index is 12.1. The van der Waals surface area contributed by atoms with Gasteiger partial charge in [0.25, 0.3) is 0 Å². The van der Waals surface area contributed by atoms with Crippen molar-refractivity contribution in [3.8, 4) is 0 Å². The molecular formula is C18H22N2O3S. The van der Waals surface area contributed by atoms with Crippen LogP contribution in [0.5, 0.6) is 0 Å². The van der Waals surface area contributed by atoms with Crippen molar-refractivity contribution in [2.24, 2.45) is 0 Å². The molecular weight excluding hydrogens is 324 g/mol. The molecule has 1 N–H and O–H groups in total. The molecule has 0 aromatic heterocycles. The Balaban J connectivity index is 1.90. The summed E-state index contributed by atoms with van der Waals surface area (Å²) in [4.78, 5) is 12.8. The maximum Gasteiger partial charge on any atom is 0.232 e. The smallest absolute Gasteiger partial charge is 0.232 e. The quantitative estimate of drug-likeness (QED) is 0.838. The van der Waals surface area contributed by atoms with E-state index < -0.39 is 10.0 Å². The van der Waals surface area contributed by atoms with Crippen molar-refractivity contribution in [2.45, 2.75) is 19.8 Å². The van der Waals surface area contributed by atoms with Crippen molar-refractivity contribution in [3.63, 3.8) is 0 Å². The second-order valence-corrected chi connectivity index (χ2v) is 7.48. The molecule has 5 nitrogen and oxygen atoms in total. The van der Waals surface area contributed by atoms with Gasteiger partial charge in [-0.05, 0) is 42.7 Å². The molecule has 0 saturated carbocycles. The summed E-state index contributed by atoms with van der Waals surface area (Å²) in [5.74, 6) is -0.0129. The molecule has 0 atom stereocenters. The summed E-state index contributed by atoms with van der Waals surface area (Å²) in [6, 6.07) is 16.5. The van der Waals surface area contributed by atoms with Gasteiger partial charge in [0.05, 0.1) is 5.75 Å². The molecule has 0 heterocycles. The third-order valence-corrected chi connectivity index (χ3v) is 5.09. The van der Waals surface area contributed by atoms with E-state index in [0.29, 0.717) is 12.1 Å². The predicted molar refractivity (Wildman–Crippen MR) is 97.7 cm³/mol. The minimum atomic E-state index is -3.38. The van der Waals surface area contributed by atoms with Gasteiger partial charge in [0.1, 0.15) is 0 Å². The SMILES string of the molecule is CC(=O)N(C)c1ccc(NS(=O)(=O)CCCc2ccccc2)cc1. The lowest BCUT2D eigenvalue weighted by molar-refractivity contribution is -0.116. The van der Waals surface area contributed by atoms with E-state index in [1.54, 1.807) is 31.3 Å². The van der Waals surface area contributed by atoms with Crippen LogP contribution >= 0.6 is 0 Å². The van der Waals surface area contributed by atoms with Gasteiger partial charge in [0.2, 0.25) is 15.9 Å². The van der Waals surface area contributed by atoms with Crippen LogP contribution in [0.1, 0.15) is 18.9 Å². The molecule has 0 saturated heterocycles. The molecule has 0 aliphatic heterocycles. The molecule has 6 heteroatoms. The molecule has 128 valence electrons. The van der Waals surface area contributed by atoms with Crippen LogP contribution in [0.25, 0.3) is 0 Å². The van der Waals surface area contributed by atoms with E-state index in [2.05, 4.69) is 4.72 Å². The number of carbonyl (C=O) groups is 1. The summed E-state index contributed by atoms with van der Waals surface area (Å²) in [5, 5.41) is 0. The number of hydrogen-bond acceptors (Lipinski definition) is 3. The molecule has 0 unspecified atom stereocenters. The Bertz CT molecular complexity index is 772. The molecule has 0 bridgehead atoms. The summed E-state index contributed by atoms with van der Waals surface area (Å²) in [5.41, 5.74) is 2.34. The predicted octanol–water partition coefficient (Wildman–Crippen LogP) is 3.04. The lowest BCUT2D eigenvalue weighted by atomic mass is 10.1. The van der Waals surface area contributed by atoms with Crippen LogP contribution in [0, 0.1) is 0 Å². The van der Waals surface area contributed by atoms with Crippen molar-refractivity contribution in [1.29, 1.82) is 0 Å². The number of nitrogens with one attached hydrogen (secondary N) is 1. The lowest BCUT2D eigenvalue weighted by Gasteiger charge is -2.15. The van der Waals surface area contributed by atoms with Gasteiger partial charge in [-0.2, -0.15) is 0 Å². The van der Waals surface area contributed by atoms with Gasteiger partial charge in [-0.15, -0.1) is 0 Å². The number of anilines is 2. The van der Waals surface area contributed by atoms with Crippen LogP contribution in [-0.4, -0.2) is 27.1 Å². The molecule has 0 spiro atoms. The molecule has 2 aromatic rings. The molecule has 2 rings (SSSR count). The van der Waals surface area contributed by atoms with Crippen LogP contribution in [0.4, 0.5) is 11.4 Å². The van der Waals surface area contributed by atoms with Crippen molar-refractivity contribution in [2.75, 3.05) is 22.4 Å². The summed E-state index contributed by atoms with van der Waals surface area (Å²) < 4.78 is 26.9. The molecule has 2 aromatic carbocycles. The number of aryl methyl sites for hydroxylation is 1. The van der Waals surface area contributed by atoms with Crippen LogP contribution in [-0.2, 0) is 21.2 Å². The minimum Gasteiger partial charge on any atom is -0.316 e. The number of hydrogen-bond donors (Lipinski definition) is 1. The number of sulfonamides is 1. The minimum absolute atomic E-state index is 0.0665. The summed E-state index contributed by atoms with van der Waals surface area (Å²) in [6.07, 6.45) is 1.29. The average Bonchev–Trinajstić information content (AvgIpc) is 2.55. The van der Waals surface area contributed by atoms with Gasteiger partial charge in [0, 0.05) is 25.3 Å². The van der Waals surface area contributed by atoms with Crippen molar-refractivity contribution in [1.82, 2.24) is 0 Å². The van der Waals surface area contributed by atoms with Gasteiger partial charge >= 0.3 is 0 Å². The van der Waals surface area contributed by atoms with Crippen LogP contribution in [0.15, 0.2) is 54.6 Å². The number of benzene rings is 2. The Hall–Kier alpha value is -2.34. The van der Waals surface area contributed by atoms with E-state index >= 15 is 0 Å². The first kappa shape index (κ1) is 18.0. The van der Waals surface area contributed by atoms with Gasteiger partial charge in [-0.1, -0.05) is 30.3 Å². The first-order valence-electron chi connectivity index (χ1n) is 7.76.